The summed E-state index contributed by atoms with van der Waals surface area (Å²) in [5, 5.41) is 19.3. The van der Waals surface area contributed by atoms with Crippen molar-refractivity contribution >= 4 is 17.0 Å². The lowest BCUT2D eigenvalue weighted by atomic mass is 9.98. The number of aliphatic hydroxyl groups excluding tert-OH is 2. The fraction of sp³-hybridized carbons (Fsp3) is 0.667. The Morgan fingerprint density at radius 2 is 2.12 bits per heavy atom. The summed E-state index contributed by atoms with van der Waals surface area (Å²) >= 11 is 0. The van der Waals surface area contributed by atoms with Gasteiger partial charge in [-0.15, -0.1) is 0 Å². The van der Waals surface area contributed by atoms with E-state index in [4.69, 9.17) is 0 Å². The Labute approximate surface area is 138 Å². The van der Waals surface area contributed by atoms with Gasteiger partial charge in [-0.05, 0) is 19.8 Å². The quantitative estimate of drug-likeness (QED) is 0.850. The summed E-state index contributed by atoms with van der Waals surface area (Å²) < 4.78 is 27.7. The molecule has 2 aromatic rings. The van der Waals surface area contributed by atoms with Crippen LogP contribution in [0.1, 0.15) is 25.8 Å². The number of hydrogen-bond donors (Lipinski definition) is 2. The summed E-state index contributed by atoms with van der Waals surface area (Å²) in [4.78, 5) is 14.6. The van der Waals surface area contributed by atoms with E-state index in [9.17, 15) is 19.0 Å². The molecule has 1 unspecified atom stereocenters. The zero-order valence-electron chi connectivity index (χ0n) is 13.4. The molecule has 9 heteroatoms. The minimum absolute atomic E-state index is 0.233. The molecule has 7 nitrogen and oxygen atoms in total. The molecule has 3 heterocycles. The van der Waals surface area contributed by atoms with Gasteiger partial charge in [-0.1, -0.05) is 0 Å². The molecule has 2 aromatic heterocycles. The Morgan fingerprint density at radius 3 is 2.79 bits per heavy atom. The molecule has 0 spiro atoms. The number of nitrogens with zero attached hydrogens (tertiary/aromatic N) is 5. The standard InChI is InChI=1S/C15H21F2N5O2/c1-9(24)11(6-23)22-8-20-12-14(18-7-19-15(12)22)21-4-2-3-10(5-21)13(16)17/h7-11,13,23-24H,2-6H2,1H3/t9-,10?,11+/m1/s1. The van der Waals surface area contributed by atoms with E-state index in [0.717, 1.165) is 0 Å². The predicted molar refractivity (Wildman–Crippen MR) is 84.1 cm³/mol. The molecule has 1 aliphatic rings. The van der Waals surface area contributed by atoms with E-state index in [1.807, 2.05) is 4.90 Å². The molecular formula is C15H21F2N5O2. The average molecular weight is 341 g/mol. The van der Waals surface area contributed by atoms with E-state index >= 15 is 0 Å². The molecule has 1 saturated heterocycles. The highest BCUT2D eigenvalue weighted by molar-refractivity contribution is 5.83. The van der Waals surface area contributed by atoms with Crippen molar-refractivity contribution in [3.05, 3.63) is 12.7 Å². The van der Waals surface area contributed by atoms with Gasteiger partial charge in [0.2, 0.25) is 6.43 Å². The normalized spacial score (nSPS) is 21.4. The van der Waals surface area contributed by atoms with Crippen LogP contribution in [0, 0.1) is 5.92 Å². The Bertz CT molecular complexity index is 694. The number of piperidine rings is 1. The molecule has 24 heavy (non-hydrogen) atoms. The molecule has 132 valence electrons. The molecule has 0 aromatic carbocycles. The van der Waals surface area contributed by atoms with E-state index in [2.05, 4.69) is 15.0 Å². The van der Waals surface area contributed by atoms with Crippen LogP contribution in [0.5, 0.6) is 0 Å². The Morgan fingerprint density at radius 1 is 1.33 bits per heavy atom. The number of anilines is 1. The predicted octanol–water partition coefficient (Wildman–Crippen LogP) is 1.22. The number of aliphatic hydroxyl groups is 2. The van der Waals surface area contributed by atoms with Gasteiger partial charge in [-0.2, -0.15) is 0 Å². The first-order chi connectivity index (χ1) is 11.5. The van der Waals surface area contributed by atoms with E-state index < -0.39 is 24.5 Å². The van der Waals surface area contributed by atoms with Crippen molar-refractivity contribution in [1.29, 1.82) is 0 Å². The molecular weight excluding hydrogens is 320 g/mol. The van der Waals surface area contributed by atoms with E-state index in [1.165, 1.54) is 12.7 Å². The maximum atomic E-state index is 13.0. The lowest BCUT2D eigenvalue weighted by Crippen LogP contribution is -2.38. The highest BCUT2D eigenvalue weighted by atomic mass is 19.3. The van der Waals surface area contributed by atoms with Crippen LogP contribution in [-0.2, 0) is 0 Å². The van der Waals surface area contributed by atoms with Crippen molar-refractivity contribution in [1.82, 2.24) is 19.5 Å². The molecule has 0 bridgehead atoms. The Kier molecular flexibility index (Phi) is 4.91. The molecule has 0 radical (unpaired) electrons. The third-order valence-electron chi connectivity index (χ3n) is 4.55. The molecule has 3 rings (SSSR count). The highest BCUT2D eigenvalue weighted by Crippen LogP contribution is 2.30. The number of halogens is 2. The van der Waals surface area contributed by atoms with Crippen molar-refractivity contribution in [2.45, 2.75) is 38.3 Å². The zero-order chi connectivity index (χ0) is 17.3. The number of hydrogen-bond acceptors (Lipinski definition) is 6. The third-order valence-corrected chi connectivity index (χ3v) is 4.55. The number of alkyl halides is 2. The van der Waals surface area contributed by atoms with Crippen LogP contribution in [0.15, 0.2) is 12.7 Å². The van der Waals surface area contributed by atoms with Crippen molar-refractivity contribution in [3.8, 4) is 0 Å². The third kappa shape index (κ3) is 3.05. The maximum Gasteiger partial charge on any atom is 0.243 e. The van der Waals surface area contributed by atoms with E-state index in [0.29, 0.717) is 36.4 Å². The van der Waals surface area contributed by atoms with Gasteiger partial charge in [0.05, 0.1) is 25.1 Å². The molecule has 2 N–H and O–H groups in total. The molecule has 0 saturated carbocycles. The summed E-state index contributed by atoms with van der Waals surface area (Å²) in [5.74, 6) is -0.153. The second kappa shape index (κ2) is 6.94. The smallest absolute Gasteiger partial charge is 0.243 e. The van der Waals surface area contributed by atoms with Gasteiger partial charge in [0, 0.05) is 19.0 Å². The lowest BCUT2D eigenvalue weighted by Gasteiger charge is -2.33. The summed E-state index contributed by atoms with van der Waals surface area (Å²) in [5.41, 5.74) is 0.964. The molecule has 0 aliphatic carbocycles. The van der Waals surface area contributed by atoms with Crippen LogP contribution in [0.2, 0.25) is 0 Å². The van der Waals surface area contributed by atoms with Crippen LogP contribution in [-0.4, -0.2) is 62.0 Å². The molecule has 1 fully saturated rings. The number of rotatable bonds is 5. The number of aromatic nitrogens is 4. The van der Waals surface area contributed by atoms with Gasteiger partial charge in [-0.25, -0.2) is 23.7 Å². The van der Waals surface area contributed by atoms with Crippen molar-refractivity contribution < 1.29 is 19.0 Å². The first kappa shape index (κ1) is 17.0. The van der Waals surface area contributed by atoms with Gasteiger partial charge in [0.15, 0.2) is 17.0 Å². The average Bonchev–Trinajstić information content (AvgIpc) is 2.99. The topological polar surface area (TPSA) is 87.3 Å². The monoisotopic (exact) mass is 341 g/mol. The van der Waals surface area contributed by atoms with E-state index in [1.54, 1.807) is 11.5 Å². The highest BCUT2D eigenvalue weighted by Gasteiger charge is 2.29. The minimum Gasteiger partial charge on any atom is -0.394 e. The first-order valence-corrected chi connectivity index (χ1v) is 8.02. The minimum atomic E-state index is -2.35. The van der Waals surface area contributed by atoms with Crippen LogP contribution < -0.4 is 4.90 Å². The summed E-state index contributed by atoms with van der Waals surface area (Å²) in [6.45, 7) is 2.19. The Hall–Kier alpha value is -1.87. The van der Waals surface area contributed by atoms with Crippen LogP contribution in [0.3, 0.4) is 0 Å². The van der Waals surface area contributed by atoms with Crippen LogP contribution in [0.4, 0.5) is 14.6 Å². The van der Waals surface area contributed by atoms with Gasteiger partial charge < -0.3 is 19.7 Å². The van der Waals surface area contributed by atoms with Crippen molar-refractivity contribution in [3.63, 3.8) is 0 Å². The first-order valence-electron chi connectivity index (χ1n) is 8.02. The fourth-order valence-corrected chi connectivity index (χ4v) is 3.19. The summed E-state index contributed by atoms with van der Waals surface area (Å²) in [7, 11) is 0. The molecule has 0 amide bonds. The van der Waals surface area contributed by atoms with E-state index in [-0.39, 0.29) is 13.2 Å². The zero-order valence-corrected chi connectivity index (χ0v) is 13.4. The fourth-order valence-electron chi connectivity index (χ4n) is 3.19. The SMILES string of the molecule is C[C@@H](O)[C@H](CO)n1cnc2c(N3CCCC(C(F)F)C3)ncnc21. The van der Waals surface area contributed by atoms with Crippen LogP contribution in [0.25, 0.3) is 11.2 Å². The lowest BCUT2D eigenvalue weighted by molar-refractivity contribution is 0.0686. The van der Waals surface area contributed by atoms with Gasteiger partial charge in [0.1, 0.15) is 6.33 Å². The second-order valence-electron chi connectivity index (χ2n) is 6.19. The Balaban J connectivity index is 1.97. The largest absolute Gasteiger partial charge is 0.394 e. The van der Waals surface area contributed by atoms with Gasteiger partial charge >= 0.3 is 0 Å². The van der Waals surface area contributed by atoms with Crippen molar-refractivity contribution in [2.75, 3.05) is 24.6 Å². The number of fused-ring (bicyclic) bond motifs is 1. The van der Waals surface area contributed by atoms with Crippen molar-refractivity contribution in [2.24, 2.45) is 5.92 Å². The van der Waals surface area contributed by atoms with Gasteiger partial charge in [-0.3, -0.25) is 0 Å². The molecule has 3 atom stereocenters. The summed E-state index contributed by atoms with van der Waals surface area (Å²) in [6, 6.07) is -0.576. The maximum absolute atomic E-state index is 13.0. The van der Waals surface area contributed by atoms with Gasteiger partial charge in [0.25, 0.3) is 0 Å². The molecule has 1 aliphatic heterocycles. The number of imidazole rings is 1. The van der Waals surface area contributed by atoms with Crippen LogP contribution >= 0.6 is 0 Å². The second-order valence-corrected chi connectivity index (χ2v) is 6.19. The summed E-state index contributed by atoms with van der Waals surface area (Å²) in [6.07, 6.45) is 0.892.